The van der Waals surface area contributed by atoms with Crippen LogP contribution in [0, 0.1) is 0 Å². The smallest absolute Gasteiger partial charge is 0.168 e. The number of fused-ring (bicyclic) bond motifs is 2. The van der Waals surface area contributed by atoms with E-state index in [2.05, 4.69) is 30.9 Å². The van der Waals surface area contributed by atoms with Crippen LogP contribution in [0.2, 0.25) is 0 Å². The number of imidazole rings is 2. The fraction of sp³-hybridized carbons (Fsp3) is 0. The van der Waals surface area contributed by atoms with E-state index in [4.69, 9.17) is 0 Å². The van der Waals surface area contributed by atoms with Gasteiger partial charge in [0.25, 0.3) is 0 Å². The summed E-state index contributed by atoms with van der Waals surface area (Å²) in [5, 5.41) is 0. The average Bonchev–Trinajstić information content (AvgIpc) is 3.37. The van der Waals surface area contributed by atoms with E-state index in [1.165, 1.54) is 0 Å². The standard InChI is InChI=1S/C13H9N3O.C8H5BrN2O/c17-9-12-7-15-13-4-3-11(8-16(12)13)10-2-1-5-14-6-10;9-6-1-2-8-10-3-7(5-12)11(8)4-6/h1-9H;1-5H. The van der Waals surface area contributed by atoms with Crippen LogP contribution in [0.15, 0.2) is 78.1 Å². The molecule has 29 heavy (non-hydrogen) atoms. The maximum atomic E-state index is 10.9. The summed E-state index contributed by atoms with van der Waals surface area (Å²) >= 11 is 3.32. The summed E-state index contributed by atoms with van der Waals surface area (Å²) in [7, 11) is 0. The van der Waals surface area contributed by atoms with E-state index in [0.29, 0.717) is 11.4 Å². The number of hydrogen-bond donors (Lipinski definition) is 0. The average molecular weight is 448 g/mol. The normalized spacial score (nSPS) is 10.5. The number of rotatable bonds is 3. The Bertz CT molecular complexity index is 1310. The zero-order valence-corrected chi connectivity index (χ0v) is 16.6. The third-order valence-electron chi connectivity index (χ3n) is 4.27. The number of aromatic nitrogens is 5. The number of aldehydes is 2. The van der Waals surface area contributed by atoms with E-state index in [-0.39, 0.29) is 0 Å². The predicted molar refractivity (Wildman–Crippen MR) is 112 cm³/mol. The molecule has 142 valence electrons. The molecule has 8 heteroatoms. The zero-order chi connectivity index (χ0) is 20.2. The van der Waals surface area contributed by atoms with Crippen molar-refractivity contribution in [2.24, 2.45) is 0 Å². The van der Waals surface area contributed by atoms with Crippen LogP contribution in [0.3, 0.4) is 0 Å². The molecule has 0 radical (unpaired) electrons. The molecule has 0 aliphatic heterocycles. The zero-order valence-electron chi connectivity index (χ0n) is 15.0. The lowest BCUT2D eigenvalue weighted by molar-refractivity contribution is 0.111. The molecule has 5 aromatic rings. The molecule has 0 amide bonds. The van der Waals surface area contributed by atoms with Crippen molar-refractivity contribution in [2.45, 2.75) is 0 Å². The maximum Gasteiger partial charge on any atom is 0.168 e. The Labute approximate surface area is 173 Å². The van der Waals surface area contributed by atoms with Gasteiger partial charge in [0.15, 0.2) is 12.6 Å². The topological polar surface area (TPSA) is 81.6 Å². The van der Waals surface area contributed by atoms with E-state index in [0.717, 1.165) is 39.5 Å². The molecule has 0 N–H and O–H groups in total. The van der Waals surface area contributed by atoms with Crippen LogP contribution < -0.4 is 0 Å². The largest absolute Gasteiger partial charge is 0.297 e. The summed E-state index contributed by atoms with van der Waals surface area (Å²) in [5.41, 5.74) is 4.67. The van der Waals surface area contributed by atoms with Gasteiger partial charge in [-0.3, -0.25) is 23.4 Å². The van der Waals surface area contributed by atoms with Gasteiger partial charge in [0.1, 0.15) is 22.7 Å². The monoisotopic (exact) mass is 447 g/mol. The second-order valence-corrected chi connectivity index (χ2v) is 6.98. The molecule has 0 atom stereocenters. The van der Waals surface area contributed by atoms with Crippen LogP contribution in [0.1, 0.15) is 21.0 Å². The second kappa shape index (κ2) is 8.15. The number of carbonyl (C=O) groups is 2. The molecule has 5 rings (SSSR count). The number of carbonyl (C=O) groups excluding carboxylic acids is 2. The van der Waals surface area contributed by atoms with E-state index >= 15 is 0 Å². The van der Waals surface area contributed by atoms with Crippen molar-refractivity contribution in [3.8, 4) is 11.1 Å². The summed E-state index contributed by atoms with van der Waals surface area (Å²) in [6.07, 6.45) is 11.9. The molecule has 0 spiro atoms. The molecular weight excluding hydrogens is 434 g/mol. The highest BCUT2D eigenvalue weighted by Crippen LogP contribution is 2.19. The molecule has 0 fully saturated rings. The van der Waals surface area contributed by atoms with Crippen molar-refractivity contribution in [3.63, 3.8) is 0 Å². The van der Waals surface area contributed by atoms with Gasteiger partial charge in [-0.15, -0.1) is 0 Å². The Balaban J connectivity index is 0.000000150. The fourth-order valence-electron chi connectivity index (χ4n) is 2.85. The van der Waals surface area contributed by atoms with E-state index in [1.54, 1.807) is 33.6 Å². The van der Waals surface area contributed by atoms with Crippen molar-refractivity contribution < 1.29 is 9.59 Å². The first-order chi connectivity index (χ1) is 14.2. The third kappa shape index (κ3) is 3.83. The van der Waals surface area contributed by atoms with Crippen LogP contribution in [-0.4, -0.2) is 36.3 Å². The minimum absolute atomic E-state index is 0.547. The Hall–Kier alpha value is -3.65. The van der Waals surface area contributed by atoms with Crippen molar-refractivity contribution in [1.82, 2.24) is 23.8 Å². The first kappa shape index (κ1) is 18.7. The van der Waals surface area contributed by atoms with Crippen LogP contribution >= 0.6 is 15.9 Å². The Morgan fingerprint density at radius 2 is 1.41 bits per heavy atom. The highest BCUT2D eigenvalue weighted by atomic mass is 79.9. The Morgan fingerprint density at radius 1 is 0.759 bits per heavy atom. The number of nitrogens with zero attached hydrogens (tertiary/aromatic N) is 5. The Kier molecular flexibility index (Phi) is 5.26. The van der Waals surface area contributed by atoms with Crippen LogP contribution in [0.4, 0.5) is 0 Å². The molecule has 0 bridgehead atoms. The Morgan fingerprint density at radius 3 is 2.03 bits per heavy atom. The van der Waals surface area contributed by atoms with Crippen molar-refractivity contribution in [2.75, 3.05) is 0 Å². The molecule has 5 heterocycles. The SMILES string of the molecule is O=Cc1cnc2ccc(-c3cccnc3)cn12.O=Cc1cnc2ccc(Br)cn12. The van der Waals surface area contributed by atoms with E-state index in [9.17, 15) is 9.59 Å². The lowest BCUT2D eigenvalue weighted by Crippen LogP contribution is -1.91. The fourth-order valence-corrected chi connectivity index (χ4v) is 3.19. The van der Waals surface area contributed by atoms with Crippen LogP contribution in [-0.2, 0) is 0 Å². The van der Waals surface area contributed by atoms with Gasteiger partial charge < -0.3 is 0 Å². The summed E-state index contributed by atoms with van der Waals surface area (Å²) in [5.74, 6) is 0. The highest BCUT2D eigenvalue weighted by Gasteiger charge is 2.04. The summed E-state index contributed by atoms with van der Waals surface area (Å²) in [4.78, 5) is 33.6. The quantitative estimate of drug-likeness (QED) is 0.388. The molecule has 0 unspecified atom stereocenters. The number of hydrogen-bond acceptors (Lipinski definition) is 5. The van der Waals surface area contributed by atoms with Gasteiger partial charge in [-0.1, -0.05) is 6.07 Å². The van der Waals surface area contributed by atoms with Gasteiger partial charge in [-0.2, -0.15) is 0 Å². The summed E-state index contributed by atoms with van der Waals surface area (Å²) in [6, 6.07) is 11.4. The van der Waals surface area contributed by atoms with Gasteiger partial charge in [0.05, 0.1) is 12.4 Å². The van der Waals surface area contributed by atoms with Crippen LogP contribution in [0.25, 0.3) is 22.4 Å². The van der Waals surface area contributed by atoms with Gasteiger partial charge in [-0.05, 0) is 46.3 Å². The van der Waals surface area contributed by atoms with Gasteiger partial charge in [0, 0.05) is 40.4 Å². The number of pyridine rings is 3. The predicted octanol–water partition coefficient (Wildman–Crippen LogP) is 4.12. The summed E-state index contributed by atoms with van der Waals surface area (Å²) in [6.45, 7) is 0. The van der Waals surface area contributed by atoms with Crippen molar-refractivity contribution >= 4 is 39.8 Å². The first-order valence-corrected chi connectivity index (χ1v) is 9.39. The van der Waals surface area contributed by atoms with Gasteiger partial charge in [-0.25, -0.2) is 9.97 Å². The minimum Gasteiger partial charge on any atom is -0.297 e. The summed E-state index contributed by atoms with van der Waals surface area (Å²) < 4.78 is 4.43. The number of halogens is 1. The second-order valence-electron chi connectivity index (χ2n) is 6.07. The van der Waals surface area contributed by atoms with Crippen molar-refractivity contribution in [3.05, 3.63) is 89.4 Å². The maximum absolute atomic E-state index is 10.9. The van der Waals surface area contributed by atoms with Gasteiger partial charge in [0.2, 0.25) is 0 Å². The lowest BCUT2D eigenvalue weighted by atomic mass is 10.1. The molecule has 0 aliphatic carbocycles. The van der Waals surface area contributed by atoms with Gasteiger partial charge >= 0.3 is 0 Å². The molecule has 5 aromatic heterocycles. The first-order valence-electron chi connectivity index (χ1n) is 8.60. The van der Waals surface area contributed by atoms with Crippen LogP contribution in [0.5, 0.6) is 0 Å². The molecule has 7 nitrogen and oxygen atoms in total. The molecule has 0 saturated carbocycles. The third-order valence-corrected chi connectivity index (χ3v) is 4.74. The molecule has 0 aromatic carbocycles. The lowest BCUT2D eigenvalue weighted by Gasteiger charge is -2.02. The van der Waals surface area contributed by atoms with E-state index < -0.39 is 0 Å². The molecule has 0 saturated heterocycles. The van der Waals surface area contributed by atoms with E-state index in [1.807, 2.05) is 48.8 Å². The van der Waals surface area contributed by atoms with Crippen molar-refractivity contribution in [1.29, 1.82) is 0 Å². The molecule has 0 aliphatic rings. The minimum atomic E-state index is 0.547. The molecular formula is C21H14BrN5O2. The highest BCUT2D eigenvalue weighted by molar-refractivity contribution is 9.10.